The van der Waals surface area contributed by atoms with E-state index in [1.807, 2.05) is 0 Å². The van der Waals surface area contributed by atoms with Crippen molar-refractivity contribution in [3.8, 4) is 0 Å². The normalized spacial score (nSPS) is 22.7. The van der Waals surface area contributed by atoms with Gasteiger partial charge in [-0.2, -0.15) is 13.2 Å². The number of rotatable bonds is 0. The second kappa shape index (κ2) is 3.63. The van der Waals surface area contributed by atoms with Gasteiger partial charge in [0.25, 0.3) is 0 Å². The fraction of sp³-hybridized carbons (Fsp3) is 0.400. The molecule has 1 aliphatic rings. The molecule has 0 bridgehead atoms. The van der Waals surface area contributed by atoms with Crippen LogP contribution in [0.4, 0.5) is 18.9 Å². The van der Waals surface area contributed by atoms with E-state index in [4.69, 9.17) is 0 Å². The van der Waals surface area contributed by atoms with E-state index in [0.717, 1.165) is 12.1 Å². The minimum atomic E-state index is -4.54. The summed E-state index contributed by atoms with van der Waals surface area (Å²) < 4.78 is 61.2. The minimum absolute atomic E-state index is 0.209. The zero-order chi connectivity index (χ0) is 12.8. The van der Waals surface area contributed by atoms with E-state index in [9.17, 15) is 21.6 Å². The largest absolute Gasteiger partial charge is 0.416 e. The molecule has 1 aromatic rings. The van der Waals surface area contributed by atoms with Gasteiger partial charge in [-0.05, 0) is 25.1 Å². The number of anilines is 1. The highest BCUT2D eigenvalue weighted by Gasteiger charge is 2.36. The Labute approximate surface area is 96.6 Å². The Balaban J connectivity index is 2.62. The monoisotopic (exact) mass is 265 g/mol. The molecule has 1 unspecified atom stereocenters. The minimum Gasteiger partial charge on any atom is -0.383 e. The van der Waals surface area contributed by atoms with Crippen molar-refractivity contribution in [2.75, 3.05) is 11.9 Å². The van der Waals surface area contributed by atoms with Crippen LogP contribution in [0.1, 0.15) is 12.5 Å². The Kier molecular flexibility index (Phi) is 2.61. The van der Waals surface area contributed by atoms with Crippen LogP contribution in [0.3, 0.4) is 0 Å². The summed E-state index contributed by atoms with van der Waals surface area (Å²) in [4.78, 5) is -0.272. The van der Waals surface area contributed by atoms with Gasteiger partial charge in [0.2, 0.25) is 0 Å². The lowest BCUT2D eigenvalue weighted by atomic mass is 10.2. The summed E-state index contributed by atoms with van der Waals surface area (Å²) >= 11 is 0. The predicted molar refractivity (Wildman–Crippen MR) is 56.6 cm³/mol. The predicted octanol–water partition coefficient (Wildman–Crippen LogP) is 2.29. The lowest BCUT2D eigenvalue weighted by molar-refractivity contribution is -0.137. The molecule has 1 N–H and O–H groups in total. The van der Waals surface area contributed by atoms with Crippen LogP contribution in [0.5, 0.6) is 0 Å². The van der Waals surface area contributed by atoms with Crippen LogP contribution < -0.4 is 5.32 Å². The molecule has 1 atom stereocenters. The van der Waals surface area contributed by atoms with Crippen molar-refractivity contribution >= 4 is 15.5 Å². The van der Waals surface area contributed by atoms with Crippen LogP contribution in [0, 0.1) is 0 Å². The SMILES string of the molecule is CC1CNc2ccc(C(F)(F)F)cc2S1(=O)=O. The Morgan fingerprint density at radius 2 is 2.00 bits per heavy atom. The van der Waals surface area contributed by atoms with E-state index in [-0.39, 0.29) is 17.1 Å². The molecular weight excluding hydrogens is 255 g/mol. The molecule has 0 amide bonds. The Morgan fingerprint density at radius 1 is 1.35 bits per heavy atom. The number of hydrogen-bond donors (Lipinski definition) is 1. The molecule has 0 fully saturated rings. The smallest absolute Gasteiger partial charge is 0.383 e. The topological polar surface area (TPSA) is 46.2 Å². The van der Waals surface area contributed by atoms with E-state index < -0.39 is 26.8 Å². The third-order valence-corrected chi connectivity index (χ3v) is 4.90. The number of nitrogens with one attached hydrogen (secondary N) is 1. The fourth-order valence-electron chi connectivity index (χ4n) is 1.66. The molecule has 0 radical (unpaired) electrons. The number of sulfone groups is 1. The molecule has 0 aromatic heterocycles. The van der Waals surface area contributed by atoms with Gasteiger partial charge in [-0.15, -0.1) is 0 Å². The molecule has 1 aliphatic heterocycles. The van der Waals surface area contributed by atoms with Crippen molar-refractivity contribution in [1.82, 2.24) is 0 Å². The molecule has 1 heterocycles. The number of alkyl halides is 3. The molecule has 17 heavy (non-hydrogen) atoms. The summed E-state index contributed by atoms with van der Waals surface area (Å²) in [6.45, 7) is 1.67. The Hall–Kier alpha value is -1.24. The molecule has 1 aromatic carbocycles. The number of hydrogen-bond acceptors (Lipinski definition) is 3. The average Bonchev–Trinajstić information content (AvgIpc) is 2.22. The lowest BCUT2D eigenvalue weighted by Gasteiger charge is -2.24. The van der Waals surface area contributed by atoms with Gasteiger partial charge in [0.05, 0.1) is 21.4 Å². The van der Waals surface area contributed by atoms with Crippen LogP contribution in [0.2, 0.25) is 0 Å². The number of halogens is 3. The highest BCUT2D eigenvalue weighted by Crippen LogP contribution is 2.36. The Morgan fingerprint density at radius 3 is 2.59 bits per heavy atom. The molecule has 0 spiro atoms. The first-order valence-corrected chi connectivity index (χ1v) is 6.46. The summed E-state index contributed by atoms with van der Waals surface area (Å²) in [5, 5.41) is 2.08. The molecule has 3 nitrogen and oxygen atoms in total. The van der Waals surface area contributed by atoms with Gasteiger partial charge in [-0.1, -0.05) is 0 Å². The maximum atomic E-state index is 12.5. The molecule has 2 rings (SSSR count). The summed E-state index contributed by atoms with van der Waals surface area (Å²) in [6.07, 6.45) is -4.54. The van der Waals surface area contributed by atoms with Crippen LogP contribution in [0.15, 0.2) is 23.1 Å². The summed E-state index contributed by atoms with van der Waals surface area (Å²) in [6, 6.07) is 2.71. The fourth-order valence-corrected chi connectivity index (χ4v) is 3.13. The van der Waals surface area contributed by atoms with Gasteiger partial charge < -0.3 is 5.32 Å². The third kappa shape index (κ3) is 1.99. The van der Waals surface area contributed by atoms with Crippen molar-refractivity contribution < 1.29 is 21.6 Å². The first-order valence-electron chi connectivity index (χ1n) is 4.92. The summed E-state index contributed by atoms with van der Waals surface area (Å²) in [5.74, 6) is 0. The molecule has 94 valence electrons. The van der Waals surface area contributed by atoms with E-state index >= 15 is 0 Å². The highest BCUT2D eigenvalue weighted by atomic mass is 32.2. The van der Waals surface area contributed by atoms with Gasteiger partial charge in [0.15, 0.2) is 9.84 Å². The van der Waals surface area contributed by atoms with Crippen LogP contribution >= 0.6 is 0 Å². The van der Waals surface area contributed by atoms with Crippen molar-refractivity contribution in [2.24, 2.45) is 0 Å². The van der Waals surface area contributed by atoms with E-state index in [1.54, 1.807) is 0 Å². The van der Waals surface area contributed by atoms with Crippen LogP contribution in [-0.4, -0.2) is 20.2 Å². The molecule has 0 saturated heterocycles. The van der Waals surface area contributed by atoms with Gasteiger partial charge >= 0.3 is 6.18 Å². The van der Waals surface area contributed by atoms with Gasteiger partial charge in [-0.25, -0.2) is 8.42 Å². The van der Waals surface area contributed by atoms with E-state index in [0.29, 0.717) is 6.07 Å². The first-order chi connectivity index (χ1) is 7.73. The van der Waals surface area contributed by atoms with Crippen LogP contribution in [-0.2, 0) is 16.0 Å². The first kappa shape index (κ1) is 12.2. The summed E-state index contributed by atoms with van der Waals surface area (Å²) in [5.41, 5.74) is -0.716. The average molecular weight is 265 g/mol. The lowest BCUT2D eigenvalue weighted by Crippen LogP contribution is -2.32. The molecular formula is C10H10F3NO2S. The number of fused-ring (bicyclic) bond motifs is 1. The van der Waals surface area contributed by atoms with Crippen molar-refractivity contribution in [3.05, 3.63) is 23.8 Å². The molecule has 7 heteroatoms. The van der Waals surface area contributed by atoms with Gasteiger partial charge in [0.1, 0.15) is 0 Å². The quantitative estimate of drug-likeness (QED) is 0.783. The van der Waals surface area contributed by atoms with Crippen molar-refractivity contribution in [3.63, 3.8) is 0 Å². The second-order valence-electron chi connectivity index (χ2n) is 3.95. The maximum Gasteiger partial charge on any atom is 0.416 e. The highest BCUT2D eigenvalue weighted by molar-refractivity contribution is 7.92. The van der Waals surface area contributed by atoms with E-state index in [1.165, 1.54) is 6.92 Å². The maximum absolute atomic E-state index is 12.5. The zero-order valence-electron chi connectivity index (χ0n) is 8.88. The second-order valence-corrected chi connectivity index (χ2v) is 6.28. The summed E-state index contributed by atoms with van der Waals surface area (Å²) in [7, 11) is -3.67. The van der Waals surface area contributed by atoms with Crippen molar-refractivity contribution in [2.45, 2.75) is 23.2 Å². The van der Waals surface area contributed by atoms with Gasteiger partial charge in [-0.3, -0.25) is 0 Å². The zero-order valence-corrected chi connectivity index (χ0v) is 9.69. The number of benzene rings is 1. The third-order valence-electron chi connectivity index (χ3n) is 2.73. The molecule has 0 aliphatic carbocycles. The van der Waals surface area contributed by atoms with E-state index in [2.05, 4.69) is 5.32 Å². The Bertz CT molecular complexity index is 551. The van der Waals surface area contributed by atoms with Crippen LogP contribution in [0.25, 0.3) is 0 Å². The van der Waals surface area contributed by atoms with Crippen molar-refractivity contribution in [1.29, 1.82) is 0 Å². The molecule has 0 saturated carbocycles. The standard InChI is InChI=1S/C10H10F3NO2S/c1-6-5-14-8-3-2-7(10(11,12)13)4-9(8)17(6,15)16/h2-4,6,14H,5H2,1H3. The van der Waals surface area contributed by atoms with Gasteiger partial charge in [0, 0.05) is 6.54 Å².